The SMILES string of the molecule is CCCc1nnsc1C(=O)N1CCCC1C(=O)O. The number of carboxylic acids is 1. The molecule has 0 radical (unpaired) electrons. The predicted molar refractivity (Wildman–Crippen MR) is 65.6 cm³/mol. The molecule has 1 atom stereocenters. The van der Waals surface area contributed by atoms with Crippen LogP contribution < -0.4 is 0 Å². The summed E-state index contributed by atoms with van der Waals surface area (Å²) in [6.07, 6.45) is 2.84. The Balaban J connectivity index is 2.20. The maximum atomic E-state index is 12.3. The minimum absolute atomic E-state index is 0.238. The number of hydrogen-bond acceptors (Lipinski definition) is 5. The van der Waals surface area contributed by atoms with Crippen LogP contribution in [0.1, 0.15) is 41.6 Å². The first-order chi connectivity index (χ1) is 8.65. The molecule has 1 aromatic rings. The van der Waals surface area contributed by atoms with Crippen LogP contribution in [0, 0.1) is 0 Å². The Morgan fingerprint density at radius 2 is 2.33 bits per heavy atom. The molecule has 0 aromatic carbocycles. The van der Waals surface area contributed by atoms with Crippen LogP contribution in [0.15, 0.2) is 0 Å². The number of hydrogen-bond donors (Lipinski definition) is 1. The second-order valence-electron chi connectivity index (χ2n) is 4.29. The van der Waals surface area contributed by atoms with Gasteiger partial charge in [0.05, 0.1) is 5.69 Å². The highest BCUT2D eigenvalue weighted by atomic mass is 32.1. The van der Waals surface area contributed by atoms with Crippen LogP contribution in [-0.2, 0) is 11.2 Å². The molecule has 0 bridgehead atoms. The summed E-state index contributed by atoms with van der Waals surface area (Å²) in [5, 5.41) is 13.0. The minimum atomic E-state index is -0.935. The topological polar surface area (TPSA) is 83.4 Å². The van der Waals surface area contributed by atoms with Crippen LogP contribution in [-0.4, -0.2) is 44.1 Å². The van der Waals surface area contributed by atoms with Gasteiger partial charge >= 0.3 is 5.97 Å². The molecule has 7 heteroatoms. The predicted octanol–water partition coefficient (Wildman–Crippen LogP) is 1.18. The Hall–Kier alpha value is -1.50. The largest absolute Gasteiger partial charge is 0.480 e. The number of aliphatic carboxylic acids is 1. The van der Waals surface area contributed by atoms with Gasteiger partial charge in [-0.2, -0.15) is 0 Å². The summed E-state index contributed by atoms with van der Waals surface area (Å²) in [7, 11) is 0. The molecule has 1 unspecified atom stereocenters. The van der Waals surface area contributed by atoms with Gasteiger partial charge in [0.15, 0.2) is 0 Å². The quantitative estimate of drug-likeness (QED) is 0.887. The highest BCUT2D eigenvalue weighted by molar-refractivity contribution is 7.08. The van der Waals surface area contributed by atoms with E-state index >= 15 is 0 Å². The second kappa shape index (κ2) is 5.43. The van der Waals surface area contributed by atoms with E-state index in [4.69, 9.17) is 5.11 Å². The van der Waals surface area contributed by atoms with Gasteiger partial charge in [-0.1, -0.05) is 17.8 Å². The standard InChI is InChI=1S/C11H15N3O3S/c1-2-4-7-9(18-13-12-7)10(15)14-6-3-5-8(14)11(16)17/h8H,2-6H2,1H3,(H,16,17). The molecule has 2 rings (SSSR count). The molecule has 1 saturated heterocycles. The van der Waals surface area contributed by atoms with Crippen LogP contribution in [0.4, 0.5) is 0 Å². The molecule has 0 spiro atoms. The van der Waals surface area contributed by atoms with Gasteiger partial charge in [0.1, 0.15) is 10.9 Å². The van der Waals surface area contributed by atoms with Crippen molar-refractivity contribution in [1.82, 2.24) is 14.5 Å². The molecule has 1 aromatic heterocycles. The monoisotopic (exact) mass is 269 g/mol. The van der Waals surface area contributed by atoms with Crippen molar-refractivity contribution < 1.29 is 14.7 Å². The molecule has 98 valence electrons. The first-order valence-corrected chi connectivity index (χ1v) is 6.77. The third kappa shape index (κ3) is 2.35. The first kappa shape index (κ1) is 12.9. The third-order valence-corrected chi connectivity index (χ3v) is 3.79. The average Bonchev–Trinajstić information content (AvgIpc) is 2.96. The summed E-state index contributed by atoms with van der Waals surface area (Å²) in [5.41, 5.74) is 0.684. The van der Waals surface area contributed by atoms with E-state index in [1.165, 1.54) is 4.90 Å². The van der Waals surface area contributed by atoms with E-state index in [1.807, 2.05) is 6.92 Å². The first-order valence-electron chi connectivity index (χ1n) is 6.00. The number of nitrogens with zero attached hydrogens (tertiary/aromatic N) is 3. The van der Waals surface area contributed by atoms with Crippen molar-refractivity contribution in [2.45, 2.75) is 38.6 Å². The maximum absolute atomic E-state index is 12.3. The number of aryl methyl sites for hydroxylation is 1. The number of carbonyl (C=O) groups is 2. The van der Waals surface area contributed by atoms with Crippen molar-refractivity contribution in [1.29, 1.82) is 0 Å². The number of aromatic nitrogens is 2. The van der Waals surface area contributed by atoms with Gasteiger partial charge in [0.25, 0.3) is 5.91 Å². The van der Waals surface area contributed by atoms with Crippen molar-refractivity contribution >= 4 is 23.4 Å². The lowest BCUT2D eigenvalue weighted by atomic mass is 10.2. The molecule has 1 aliphatic heterocycles. The summed E-state index contributed by atoms with van der Waals surface area (Å²) in [5.74, 6) is -1.17. The van der Waals surface area contributed by atoms with E-state index in [1.54, 1.807) is 0 Å². The van der Waals surface area contributed by atoms with Gasteiger partial charge in [-0.15, -0.1) is 5.10 Å². The fraction of sp³-hybridized carbons (Fsp3) is 0.636. The Morgan fingerprint density at radius 1 is 1.56 bits per heavy atom. The molecule has 1 N–H and O–H groups in total. The molecule has 0 aliphatic carbocycles. The van der Waals surface area contributed by atoms with Crippen LogP contribution in [0.25, 0.3) is 0 Å². The summed E-state index contributed by atoms with van der Waals surface area (Å²) < 4.78 is 3.80. The molecule has 18 heavy (non-hydrogen) atoms. The van der Waals surface area contributed by atoms with Crippen LogP contribution in [0.5, 0.6) is 0 Å². The molecular weight excluding hydrogens is 254 g/mol. The summed E-state index contributed by atoms with van der Waals surface area (Å²) in [4.78, 5) is 25.3. The normalized spacial score (nSPS) is 19.2. The van der Waals surface area contributed by atoms with Gasteiger partial charge < -0.3 is 10.0 Å². The second-order valence-corrected chi connectivity index (χ2v) is 5.05. The Morgan fingerprint density at radius 3 is 3.00 bits per heavy atom. The zero-order chi connectivity index (χ0) is 13.1. The van der Waals surface area contributed by atoms with E-state index < -0.39 is 12.0 Å². The number of amides is 1. The minimum Gasteiger partial charge on any atom is -0.480 e. The van der Waals surface area contributed by atoms with E-state index in [0.29, 0.717) is 30.0 Å². The highest BCUT2D eigenvalue weighted by Crippen LogP contribution is 2.23. The van der Waals surface area contributed by atoms with Crippen molar-refractivity contribution in [2.24, 2.45) is 0 Å². The Bertz CT molecular complexity index is 460. The van der Waals surface area contributed by atoms with Gasteiger partial charge in [0.2, 0.25) is 0 Å². The van der Waals surface area contributed by atoms with Crippen LogP contribution in [0.3, 0.4) is 0 Å². The fourth-order valence-corrected chi connectivity index (χ4v) is 2.83. The van der Waals surface area contributed by atoms with E-state index in [2.05, 4.69) is 9.59 Å². The lowest BCUT2D eigenvalue weighted by molar-refractivity contribution is -0.141. The number of carbonyl (C=O) groups excluding carboxylic acids is 1. The van der Waals surface area contributed by atoms with Crippen molar-refractivity contribution in [3.8, 4) is 0 Å². The maximum Gasteiger partial charge on any atom is 0.326 e. The lowest BCUT2D eigenvalue weighted by Crippen LogP contribution is -2.40. The molecule has 2 heterocycles. The number of likely N-dealkylation sites (tertiary alicyclic amines) is 1. The highest BCUT2D eigenvalue weighted by Gasteiger charge is 2.36. The molecule has 1 amide bonds. The summed E-state index contributed by atoms with van der Waals surface area (Å²) >= 11 is 1.05. The lowest BCUT2D eigenvalue weighted by Gasteiger charge is -2.20. The van der Waals surface area contributed by atoms with E-state index in [9.17, 15) is 9.59 Å². The fourth-order valence-electron chi connectivity index (χ4n) is 2.17. The Kier molecular flexibility index (Phi) is 3.90. The molecule has 1 aliphatic rings. The van der Waals surface area contributed by atoms with Crippen molar-refractivity contribution in [3.63, 3.8) is 0 Å². The summed E-state index contributed by atoms with van der Waals surface area (Å²) in [6, 6.07) is -0.700. The zero-order valence-corrected chi connectivity index (χ0v) is 10.9. The van der Waals surface area contributed by atoms with E-state index in [0.717, 1.165) is 24.4 Å². The van der Waals surface area contributed by atoms with E-state index in [-0.39, 0.29) is 5.91 Å². The zero-order valence-electron chi connectivity index (χ0n) is 10.1. The third-order valence-electron chi connectivity index (χ3n) is 3.04. The van der Waals surface area contributed by atoms with Gasteiger partial charge in [-0.25, -0.2) is 4.79 Å². The van der Waals surface area contributed by atoms with Crippen molar-refractivity contribution in [2.75, 3.05) is 6.54 Å². The van der Waals surface area contributed by atoms with Gasteiger partial charge in [0, 0.05) is 6.54 Å². The molecular formula is C11H15N3O3S. The Labute approximate surface area is 109 Å². The van der Waals surface area contributed by atoms with Crippen LogP contribution >= 0.6 is 11.5 Å². The van der Waals surface area contributed by atoms with Gasteiger partial charge in [-0.05, 0) is 30.8 Å². The smallest absolute Gasteiger partial charge is 0.326 e. The molecule has 6 nitrogen and oxygen atoms in total. The van der Waals surface area contributed by atoms with Crippen molar-refractivity contribution in [3.05, 3.63) is 10.6 Å². The van der Waals surface area contributed by atoms with Gasteiger partial charge in [-0.3, -0.25) is 4.79 Å². The summed E-state index contributed by atoms with van der Waals surface area (Å²) in [6.45, 7) is 2.50. The molecule has 0 saturated carbocycles. The number of rotatable bonds is 4. The number of carboxylic acid groups (broad SMARTS) is 1. The van der Waals surface area contributed by atoms with Crippen LogP contribution in [0.2, 0.25) is 0 Å². The average molecular weight is 269 g/mol. The molecule has 1 fully saturated rings.